The predicted molar refractivity (Wildman–Crippen MR) is 118 cm³/mol. The van der Waals surface area contributed by atoms with Crippen molar-refractivity contribution in [2.24, 2.45) is 5.10 Å². The minimum Gasteiger partial charge on any atom is -0.331 e. The fourth-order valence-electron chi connectivity index (χ4n) is 3.16. The number of aryl methyl sites for hydroxylation is 2. The quantitative estimate of drug-likeness (QED) is 0.375. The molecule has 2 aromatic carbocycles. The van der Waals surface area contributed by atoms with Crippen LogP contribution in [0.25, 0.3) is 5.69 Å². The molecule has 0 spiro atoms. The molecule has 0 saturated carbocycles. The molecule has 1 heterocycles. The van der Waals surface area contributed by atoms with Gasteiger partial charge in [-0.3, -0.25) is 5.43 Å². The summed E-state index contributed by atoms with van der Waals surface area (Å²) in [6.07, 6.45) is 2.81. The van der Waals surface area contributed by atoms with Gasteiger partial charge in [0.25, 0.3) is 0 Å². The Morgan fingerprint density at radius 3 is 2.52 bits per heavy atom. The van der Waals surface area contributed by atoms with Gasteiger partial charge in [-0.05, 0) is 62.3 Å². The Balaban J connectivity index is 1.75. The van der Waals surface area contributed by atoms with Crippen molar-refractivity contribution in [2.45, 2.75) is 27.2 Å². The number of benzene rings is 2. The van der Waals surface area contributed by atoms with E-state index in [1.807, 2.05) is 36.5 Å². The first-order chi connectivity index (χ1) is 13.1. The molecule has 0 radical (unpaired) electrons. The average molecular weight is 377 g/mol. The summed E-state index contributed by atoms with van der Waals surface area (Å²) >= 11 is 5.28. The molecule has 0 aliphatic carbocycles. The van der Waals surface area contributed by atoms with Crippen LogP contribution in [0, 0.1) is 13.8 Å². The van der Waals surface area contributed by atoms with Crippen LogP contribution in [0.5, 0.6) is 0 Å². The van der Waals surface area contributed by atoms with Crippen LogP contribution in [-0.4, -0.2) is 15.9 Å². The highest BCUT2D eigenvalue weighted by atomic mass is 32.1. The third-order valence-electron chi connectivity index (χ3n) is 4.49. The standard InChI is InChI=1S/C22H24N4S/c1-4-18-10-8-9-13-21(18)26-16(2)14-19(17(26)3)15-23-25-22(27)24-20-11-6-5-7-12-20/h5-15H,4H2,1-3H3,(H2,24,25,27)/b23-15+. The van der Waals surface area contributed by atoms with Gasteiger partial charge in [-0.25, -0.2) is 0 Å². The van der Waals surface area contributed by atoms with Crippen molar-refractivity contribution in [1.29, 1.82) is 0 Å². The number of rotatable bonds is 5. The second-order valence-corrected chi connectivity index (χ2v) is 6.74. The van der Waals surface area contributed by atoms with Gasteiger partial charge in [-0.1, -0.05) is 43.3 Å². The largest absolute Gasteiger partial charge is 0.331 e. The van der Waals surface area contributed by atoms with E-state index < -0.39 is 0 Å². The summed E-state index contributed by atoms with van der Waals surface area (Å²) in [7, 11) is 0. The first-order valence-electron chi connectivity index (χ1n) is 9.02. The van der Waals surface area contributed by atoms with E-state index in [1.54, 1.807) is 0 Å². The van der Waals surface area contributed by atoms with Gasteiger partial charge < -0.3 is 9.88 Å². The van der Waals surface area contributed by atoms with Crippen LogP contribution in [0.15, 0.2) is 65.8 Å². The third-order valence-corrected chi connectivity index (χ3v) is 4.68. The molecule has 0 saturated heterocycles. The van der Waals surface area contributed by atoms with Crippen molar-refractivity contribution in [3.63, 3.8) is 0 Å². The van der Waals surface area contributed by atoms with Crippen LogP contribution >= 0.6 is 12.2 Å². The summed E-state index contributed by atoms with van der Waals surface area (Å²) in [5.74, 6) is 0. The van der Waals surface area contributed by atoms with E-state index in [-0.39, 0.29) is 0 Å². The number of anilines is 1. The zero-order valence-electron chi connectivity index (χ0n) is 15.9. The summed E-state index contributed by atoms with van der Waals surface area (Å²) in [6.45, 7) is 6.41. The van der Waals surface area contributed by atoms with E-state index in [1.165, 1.54) is 16.9 Å². The van der Waals surface area contributed by atoms with E-state index in [2.05, 4.69) is 71.5 Å². The molecule has 3 aromatic rings. The maximum Gasteiger partial charge on any atom is 0.191 e. The molecule has 0 aliphatic heterocycles. The first kappa shape index (κ1) is 18.9. The van der Waals surface area contributed by atoms with Crippen molar-refractivity contribution in [1.82, 2.24) is 9.99 Å². The molecule has 0 atom stereocenters. The van der Waals surface area contributed by atoms with Crippen LogP contribution in [0.2, 0.25) is 0 Å². The van der Waals surface area contributed by atoms with Gasteiger partial charge in [0.2, 0.25) is 0 Å². The second-order valence-electron chi connectivity index (χ2n) is 6.33. The van der Waals surface area contributed by atoms with E-state index in [4.69, 9.17) is 12.2 Å². The molecular formula is C22H24N4S. The lowest BCUT2D eigenvalue weighted by molar-refractivity contribution is 0.936. The average Bonchev–Trinajstić information content (AvgIpc) is 2.96. The van der Waals surface area contributed by atoms with E-state index >= 15 is 0 Å². The summed E-state index contributed by atoms with van der Waals surface area (Å²) in [4.78, 5) is 0. The lowest BCUT2D eigenvalue weighted by Gasteiger charge is -2.13. The molecule has 0 unspecified atom stereocenters. The lowest BCUT2D eigenvalue weighted by atomic mass is 10.1. The molecule has 4 nitrogen and oxygen atoms in total. The second kappa shape index (κ2) is 8.64. The Hall–Kier alpha value is -2.92. The summed E-state index contributed by atoms with van der Waals surface area (Å²) in [5, 5.41) is 7.86. The number of hydrogen-bond acceptors (Lipinski definition) is 2. The number of nitrogens with one attached hydrogen (secondary N) is 2. The molecule has 0 bridgehead atoms. The molecule has 0 amide bonds. The topological polar surface area (TPSA) is 41.4 Å². The Kier molecular flexibility index (Phi) is 6.04. The fraction of sp³-hybridized carbons (Fsp3) is 0.182. The minimum absolute atomic E-state index is 0.461. The van der Waals surface area contributed by atoms with Gasteiger partial charge in [0, 0.05) is 28.3 Å². The number of para-hydroxylation sites is 2. The maximum absolute atomic E-state index is 5.28. The molecule has 0 aliphatic rings. The van der Waals surface area contributed by atoms with Crippen molar-refractivity contribution < 1.29 is 0 Å². The van der Waals surface area contributed by atoms with Gasteiger partial charge in [0.1, 0.15) is 0 Å². The van der Waals surface area contributed by atoms with Crippen LogP contribution in [0.1, 0.15) is 29.4 Å². The van der Waals surface area contributed by atoms with Gasteiger partial charge in [-0.2, -0.15) is 5.10 Å². The van der Waals surface area contributed by atoms with Crippen LogP contribution in [0.4, 0.5) is 5.69 Å². The summed E-state index contributed by atoms with van der Waals surface area (Å²) < 4.78 is 2.28. The van der Waals surface area contributed by atoms with Gasteiger partial charge >= 0.3 is 0 Å². The Morgan fingerprint density at radius 1 is 1.07 bits per heavy atom. The van der Waals surface area contributed by atoms with Gasteiger partial charge in [0.05, 0.1) is 6.21 Å². The van der Waals surface area contributed by atoms with Crippen LogP contribution < -0.4 is 10.7 Å². The van der Waals surface area contributed by atoms with Crippen molar-refractivity contribution >= 4 is 29.2 Å². The molecular weight excluding hydrogens is 352 g/mol. The highest BCUT2D eigenvalue weighted by Crippen LogP contribution is 2.23. The molecule has 138 valence electrons. The number of hydrazone groups is 1. The van der Waals surface area contributed by atoms with E-state index in [0.717, 1.165) is 23.4 Å². The maximum atomic E-state index is 5.28. The summed E-state index contributed by atoms with van der Waals surface area (Å²) in [6, 6.07) is 20.4. The van der Waals surface area contributed by atoms with Crippen LogP contribution in [-0.2, 0) is 6.42 Å². The zero-order chi connectivity index (χ0) is 19.2. The first-order valence-corrected chi connectivity index (χ1v) is 9.43. The number of hydrogen-bond donors (Lipinski definition) is 2. The number of nitrogens with zero attached hydrogens (tertiary/aromatic N) is 2. The van der Waals surface area contributed by atoms with Gasteiger partial charge in [0.15, 0.2) is 5.11 Å². The molecule has 3 rings (SSSR count). The molecule has 1 aromatic heterocycles. The normalized spacial score (nSPS) is 10.9. The van der Waals surface area contributed by atoms with Crippen molar-refractivity contribution in [2.75, 3.05) is 5.32 Å². The molecule has 2 N–H and O–H groups in total. The third kappa shape index (κ3) is 4.44. The number of aromatic nitrogens is 1. The Bertz CT molecular complexity index is 958. The minimum atomic E-state index is 0.461. The molecule has 27 heavy (non-hydrogen) atoms. The monoisotopic (exact) mass is 376 g/mol. The molecule has 5 heteroatoms. The highest BCUT2D eigenvalue weighted by molar-refractivity contribution is 7.80. The number of thiocarbonyl (C=S) groups is 1. The van der Waals surface area contributed by atoms with E-state index in [9.17, 15) is 0 Å². The predicted octanol–water partition coefficient (Wildman–Crippen LogP) is 4.98. The zero-order valence-corrected chi connectivity index (χ0v) is 16.7. The van der Waals surface area contributed by atoms with E-state index in [0.29, 0.717) is 5.11 Å². The highest BCUT2D eigenvalue weighted by Gasteiger charge is 2.11. The van der Waals surface area contributed by atoms with Crippen molar-refractivity contribution in [3.8, 4) is 5.69 Å². The van der Waals surface area contributed by atoms with Gasteiger partial charge in [-0.15, -0.1) is 0 Å². The summed E-state index contributed by atoms with van der Waals surface area (Å²) in [5.41, 5.74) is 9.76. The Morgan fingerprint density at radius 2 is 1.78 bits per heavy atom. The Labute approximate surface area is 165 Å². The SMILES string of the molecule is CCc1ccccc1-n1c(C)cc(/C=N/NC(=S)Nc2ccccc2)c1C. The smallest absolute Gasteiger partial charge is 0.191 e. The fourth-order valence-corrected chi connectivity index (χ4v) is 3.33. The van der Waals surface area contributed by atoms with Crippen molar-refractivity contribution in [3.05, 3.63) is 83.2 Å². The van der Waals surface area contributed by atoms with Crippen LogP contribution in [0.3, 0.4) is 0 Å². The molecule has 0 fully saturated rings. The lowest BCUT2D eigenvalue weighted by Crippen LogP contribution is -2.23.